The highest BCUT2D eigenvalue weighted by Gasteiger charge is 2.17. The van der Waals surface area contributed by atoms with E-state index in [1.54, 1.807) is 13.2 Å². The zero-order valence-electron chi connectivity index (χ0n) is 13.4. The van der Waals surface area contributed by atoms with Crippen molar-refractivity contribution < 1.29 is 14.3 Å². The molecule has 0 spiro atoms. The fourth-order valence-corrected chi connectivity index (χ4v) is 1.88. The van der Waals surface area contributed by atoms with Gasteiger partial charge in [-0.2, -0.15) is 0 Å². The van der Waals surface area contributed by atoms with Crippen molar-refractivity contribution in [3.05, 3.63) is 24.3 Å². The minimum atomic E-state index is -0.475. The van der Waals surface area contributed by atoms with Crippen molar-refractivity contribution in [3.8, 4) is 11.5 Å². The van der Waals surface area contributed by atoms with Crippen molar-refractivity contribution in [2.45, 2.75) is 25.9 Å². The second kappa shape index (κ2) is 9.23. The first-order valence-electron chi connectivity index (χ1n) is 7.30. The molecule has 0 saturated carbocycles. The second-order valence-electron chi connectivity index (χ2n) is 5.14. The lowest BCUT2D eigenvalue weighted by molar-refractivity contribution is -0.128. The van der Waals surface area contributed by atoms with Crippen LogP contribution >= 0.6 is 0 Å². The molecule has 0 aliphatic carbocycles. The van der Waals surface area contributed by atoms with Gasteiger partial charge in [0.2, 0.25) is 0 Å². The standard InChI is InChI=1S/C16H26N2O3/c1-5-15(16(19)17-10-7-11-18(2)3)21-14-9-6-8-13(12-14)20-4/h6,8-9,12,15H,5,7,10-11H2,1-4H3,(H,17,19)/t15-/m0/s1. The summed E-state index contributed by atoms with van der Waals surface area (Å²) >= 11 is 0. The van der Waals surface area contributed by atoms with Crippen molar-refractivity contribution in [1.29, 1.82) is 0 Å². The predicted molar refractivity (Wildman–Crippen MR) is 83.9 cm³/mol. The van der Waals surface area contributed by atoms with Crippen LogP contribution in [-0.2, 0) is 4.79 Å². The van der Waals surface area contributed by atoms with E-state index < -0.39 is 6.10 Å². The molecule has 0 radical (unpaired) electrons. The van der Waals surface area contributed by atoms with Crippen molar-refractivity contribution in [2.24, 2.45) is 0 Å². The Kier molecular flexibility index (Phi) is 7.61. The van der Waals surface area contributed by atoms with E-state index in [1.807, 2.05) is 39.2 Å². The van der Waals surface area contributed by atoms with Gasteiger partial charge >= 0.3 is 0 Å². The largest absolute Gasteiger partial charge is 0.497 e. The van der Waals surface area contributed by atoms with E-state index in [1.165, 1.54) is 0 Å². The third-order valence-corrected chi connectivity index (χ3v) is 3.06. The molecule has 0 saturated heterocycles. The van der Waals surface area contributed by atoms with Crippen LogP contribution in [0.1, 0.15) is 19.8 Å². The molecule has 1 N–H and O–H groups in total. The number of ether oxygens (including phenoxy) is 2. The number of benzene rings is 1. The fourth-order valence-electron chi connectivity index (χ4n) is 1.88. The number of hydrogen-bond acceptors (Lipinski definition) is 4. The van der Waals surface area contributed by atoms with E-state index in [0.29, 0.717) is 24.5 Å². The lowest BCUT2D eigenvalue weighted by atomic mass is 10.2. The van der Waals surface area contributed by atoms with Crippen LogP contribution in [0, 0.1) is 0 Å². The van der Waals surface area contributed by atoms with Crippen LogP contribution in [0.4, 0.5) is 0 Å². The van der Waals surface area contributed by atoms with Crippen molar-refractivity contribution in [1.82, 2.24) is 10.2 Å². The Balaban J connectivity index is 2.47. The summed E-state index contributed by atoms with van der Waals surface area (Å²) in [6.45, 7) is 3.55. The Morgan fingerprint density at radius 1 is 1.33 bits per heavy atom. The van der Waals surface area contributed by atoms with E-state index in [-0.39, 0.29) is 5.91 Å². The summed E-state index contributed by atoms with van der Waals surface area (Å²) in [6.07, 6.45) is 1.07. The summed E-state index contributed by atoms with van der Waals surface area (Å²) < 4.78 is 10.9. The van der Waals surface area contributed by atoms with Gasteiger partial charge in [-0.05, 0) is 45.6 Å². The number of carbonyl (C=O) groups is 1. The maximum absolute atomic E-state index is 12.1. The molecule has 1 atom stereocenters. The topological polar surface area (TPSA) is 50.8 Å². The monoisotopic (exact) mass is 294 g/mol. The van der Waals surface area contributed by atoms with Crippen LogP contribution in [-0.4, -0.2) is 51.2 Å². The first-order valence-corrected chi connectivity index (χ1v) is 7.30. The number of nitrogens with one attached hydrogen (secondary N) is 1. The maximum Gasteiger partial charge on any atom is 0.261 e. The Labute approximate surface area is 127 Å². The minimum Gasteiger partial charge on any atom is -0.497 e. The van der Waals surface area contributed by atoms with E-state index in [4.69, 9.17) is 9.47 Å². The molecule has 0 aromatic heterocycles. The lowest BCUT2D eigenvalue weighted by Crippen LogP contribution is -2.39. The second-order valence-corrected chi connectivity index (χ2v) is 5.14. The zero-order chi connectivity index (χ0) is 15.7. The minimum absolute atomic E-state index is 0.0703. The molecule has 0 aliphatic heterocycles. The average Bonchev–Trinajstić information content (AvgIpc) is 2.49. The summed E-state index contributed by atoms with van der Waals surface area (Å²) in [5.74, 6) is 1.29. The third-order valence-electron chi connectivity index (χ3n) is 3.06. The maximum atomic E-state index is 12.1. The van der Waals surface area contributed by atoms with Crippen molar-refractivity contribution in [2.75, 3.05) is 34.3 Å². The molecule has 0 fully saturated rings. The third kappa shape index (κ3) is 6.49. The molecule has 21 heavy (non-hydrogen) atoms. The number of hydrogen-bond donors (Lipinski definition) is 1. The average molecular weight is 294 g/mol. The van der Waals surface area contributed by atoms with Gasteiger partial charge in [0.25, 0.3) is 5.91 Å². The number of methoxy groups -OCH3 is 1. The molecule has 5 heteroatoms. The summed E-state index contributed by atoms with van der Waals surface area (Å²) in [7, 11) is 5.64. The summed E-state index contributed by atoms with van der Waals surface area (Å²) in [5, 5.41) is 2.92. The van der Waals surface area contributed by atoms with Crippen LogP contribution < -0.4 is 14.8 Å². The number of amides is 1. The van der Waals surface area contributed by atoms with Gasteiger partial charge in [0.15, 0.2) is 6.10 Å². The van der Waals surface area contributed by atoms with Gasteiger partial charge in [0.05, 0.1) is 7.11 Å². The van der Waals surface area contributed by atoms with Gasteiger partial charge in [0.1, 0.15) is 11.5 Å². The molecule has 0 aliphatic rings. The zero-order valence-corrected chi connectivity index (χ0v) is 13.4. The van der Waals surface area contributed by atoms with Gasteiger partial charge in [0, 0.05) is 12.6 Å². The predicted octanol–water partition coefficient (Wildman–Crippen LogP) is 1.92. The Hall–Kier alpha value is -1.75. The van der Waals surface area contributed by atoms with Gasteiger partial charge in [-0.3, -0.25) is 4.79 Å². The molecule has 1 aromatic carbocycles. The SMILES string of the molecule is CC[C@H](Oc1cccc(OC)c1)C(=O)NCCCN(C)C. The first-order chi connectivity index (χ1) is 10.1. The Morgan fingerprint density at radius 2 is 2.05 bits per heavy atom. The van der Waals surface area contributed by atoms with Crippen molar-refractivity contribution in [3.63, 3.8) is 0 Å². The van der Waals surface area contributed by atoms with E-state index in [9.17, 15) is 4.79 Å². The molecular weight excluding hydrogens is 268 g/mol. The molecule has 1 rings (SSSR count). The van der Waals surface area contributed by atoms with Crippen molar-refractivity contribution >= 4 is 5.91 Å². The van der Waals surface area contributed by atoms with Gasteiger partial charge in [-0.1, -0.05) is 13.0 Å². The van der Waals surface area contributed by atoms with Crippen LogP contribution in [0.25, 0.3) is 0 Å². The number of carbonyl (C=O) groups excluding carboxylic acids is 1. The van der Waals surface area contributed by atoms with Crippen LogP contribution in [0.3, 0.4) is 0 Å². The summed E-state index contributed by atoms with van der Waals surface area (Å²) in [6, 6.07) is 7.29. The number of rotatable bonds is 9. The highest BCUT2D eigenvalue weighted by Crippen LogP contribution is 2.20. The lowest BCUT2D eigenvalue weighted by Gasteiger charge is -2.18. The molecule has 1 aromatic rings. The van der Waals surface area contributed by atoms with E-state index >= 15 is 0 Å². The molecular formula is C16H26N2O3. The smallest absolute Gasteiger partial charge is 0.261 e. The quantitative estimate of drug-likeness (QED) is 0.707. The Bertz CT molecular complexity index is 435. The fraction of sp³-hybridized carbons (Fsp3) is 0.562. The Morgan fingerprint density at radius 3 is 2.67 bits per heavy atom. The molecule has 5 nitrogen and oxygen atoms in total. The molecule has 0 unspecified atom stereocenters. The molecule has 0 heterocycles. The first kappa shape index (κ1) is 17.3. The normalized spacial score (nSPS) is 12.0. The van der Waals surface area contributed by atoms with Crippen LogP contribution in [0.2, 0.25) is 0 Å². The highest BCUT2D eigenvalue weighted by atomic mass is 16.5. The van der Waals surface area contributed by atoms with Gasteiger partial charge in [-0.25, -0.2) is 0 Å². The van der Waals surface area contributed by atoms with Gasteiger partial charge < -0.3 is 19.7 Å². The van der Waals surface area contributed by atoms with E-state index in [0.717, 1.165) is 13.0 Å². The van der Waals surface area contributed by atoms with Gasteiger partial charge in [-0.15, -0.1) is 0 Å². The molecule has 118 valence electrons. The highest BCUT2D eigenvalue weighted by molar-refractivity contribution is 5.81. The van der Waals surface area contributed by atoms with Crippen LogP contribution in [0.5, 0.6) is 11.5 Å². The molecule has 1 amide bonds. The van der Waals surface area contributed by atoms with Crippen LogP contribution in [0.15, 0.2) is 24.3 Å². The summed E-state index contributed by atoms with van der Waals surface area (Å²) in [5.41, 5.74) is 0. The number of nitrogens with zero attached hydrogens (tertiary/aromatic N) is 1. The van der Waals surface area contributed by atoms with E-state index in [2.05, 4.69) is 10.2 Å². The summed E-state index contributed by atoms with van der Waals surface area (Å²) in [4.78, 5) is 14.2. The molecule has 0 bridgehead atoms.